The van der Waals surface area contributed by atoms with Crippen molar-refractivity contribution >= 4 is 17.7 Å². The van der Waals surface area contributed by atoms with Gasteiger partial charge in [0.2, 0.25) is 11.1 Å². The van der Waals surface area contributed by atoms with Gasteiger partial charge in [0.25, 0.3) is 0 Å². The average Bonchev–Trinajstić information content (AvgIpc) is 3.05. The molecule has 0 bridgehead atoms. The van der Waals surface area contributed by atoms with E-state index in [2.05, 4.69) is 20.8 Å². The summed E-state index contributed by atoms with van der Waals surface area (Å²) < 4.78 is 1.48. The van der Waals surface area contributed by atoms with Crippen LogP contribution in [0.5, 0.6) is 0 Å². The van der Waals surface area contributed by atoms with Crippen LogP contribution in [0.2, 0.25) is 0 Å². The van der Waals surface area contributed by atoms with Crippen LogP contribution in [0, 0.1) is 5.92 Å². The molecule has 94 valence electrons. The van der Waals surface area contributed by atoms with E-state index in [0.717, 1.165) is 6.54 Å². The van der Waals surface area contributed by atoms with Gasteiger partial charge in [-0.15, -0.1) is 5.10 Å². The van der Waals surface area contributed by atoms with E-state index >= 15 is 0 Å². The van der Waals surface area contributed by atoms with Crippen LogP contribution >= 0.6 is 11.8 Å². The molecular formula is C9H15N5O2S. The first-order chi connectivity index (χ1) is 8.29. The summed E-state index contributed by atoms with van der Waals surface area (Å²) in [5, 5.41) is 23.2. The molecule has 2 rings (SSSR count). The highest BCUT2D eigenvalue weighted by Crippen LogP contribution is 2.27. The molecule has 17 heavy (non-hydrogen) atoms. The standard InChI is InChI=1S/C9H15N5O2S/c15-4-3-14-9(11-12-13-14)17-6-8(16)10-5-7-1-2-7/h7,15H,1-6H2,(H,10,16). The first kappa shape index (κ1) is 12.3. The monoisotopic (exact) mass is 257 g/mol. The van der Waals surface area contributed by atoms with Gasteiger partial charge < -0.3 is 10.4 Å². The van der Waals surface area contributed by atoms with E-state index in [0.29, 0.717) is 23.4 Å². The number of aliphatic hydroxyl groups excluding tert-OH is 1. The Hall–Kier alpha value is -1.15. The topological polar surface area (TPSA) is 92.9 Å². The van der Waals surface area contributed by atoms with E-state index in [1.54, 1.807) is 0 Å². The van der Waals surface area contributed by atoms with E-state index in [4.69, 9.17) is 5.11 Å². The zero-order chi connectivity index (χ0) is 12.1. The van der Waals surface area contributed by atoms with Crippen molar-refractivity contribution in [2.45, 2.75) is 24.5 Å². The van der Waals surface area contributed by atoms with Crippen molar-refractivity contribution in [1.29, 1.82) is 0 Å². The van der Waals surface area contributed by atoms with Crippen molar-refractivity contribution in [3.05, 3.63) is 0 Å². The molecular weight excluding hydrogens is 242 g/mol. The fourth-order valence-corrected chi connectivity index (χ4v) is 2.03. The molecule has 1 aliphatic rings. The second-order valence-corrected chi connectivity index (χ2v) is 4.89. The van der Waals surface area contributed by atoms with E-state index in [9.17, 15) is 4.79 Å². The molecule has 0 aliphatic heterocycles. The van der Waals surface area contributed by atoms with Gasteiger partial charge in [0.15, 0.2) is 0 Å². The number of thioether (sulfide) groups is 1. The Kier molecular flexibility index (Phi) is 4.32. The number of amides is 1. The molecule has 8 heteroatoms. The van der Waals surface area contributed by atoms with Crippen LogP contribution < -0.4 is 5.32 Å². The largest absolute Gasteiger partial charge is 0.394 e. The number of nitrogens with one attached hydrogen (secondary N) is 1. The molecule has 0 saturated heterocycles. The molecule has 1 aromatic heterocycles. The quantitative estimate of drug-likeness (QED) is 0.626. The third-order valence-corrected chi connectivity index (χ3v) is 3.39. The number of carbonyl (C=O) groups excluding carboxylic acids is 1. The number of hydrogen-bond donors (Lipinski definition) is 2. The first-order valence-electron chi connectivity index (χ1n) is 5.56. The fraction of sp³-hybridized carbons (Fsp3) is 0.778. The summed E-state index contributed by atoms with van der Waals surface area (Å²) in [4.78, 5) is 11.5. The molecule has 1 heterocycles. The maximum absolute atomic E-state index is 11.5. The lowest BCUT2D eigenvalue weighted by Gasteiger charge is -2.03. The Balaban J connectivity index is 1.71. The molecule has 0 spiro atoms. The molecule has 1 saturated carbocycles. The summed E-state index contributed by atoms with van der Waals surface area (Å²) in [6.07, 6.45) is 2.45. The fourth-order valence-electron chi connectivity index (χ4n) is 1.30. The highest BCUT2D eigenvalue weighted by Gasteiger charge is 2.21. The van der Waals surface area contributed by atoms with Crippen molar-refractivity contribution < 1.29 is 9.90 Å². The smallest absolute Gasteiger partial charge is 0.230 e. The Morgan fingerprint density at radius 1 is 1.59 bits per heavy atom. The summed E-state index contributed by atoms with van der Waals surface area (Å²) in [7, 11) is 0. The van der Waals surface area contributed by atoms with E-state index in [1.165, 1.54) is 29.3 Å². The summed E-state index contributed by atoms with van der Waals surface area (Å²) in [5.41, 5.74) is 0. The Morgan fingerprint density at radius 3 is 3.12 bits per heavy atom. The molecule has 1 fully saturated rings. The van der Waals surface area contributed by atoms with Gasteiger partial charge >= 0.3 is 0 Å². The van der Waals surface area contributed by atoms with Crippen LogP contribution in [0.25, 0.3) is 0 Å². The van der Waals surface area contributed by atoms with Crippen molar-refractivity contribution in [2.75, 3.05) is 18.9 Å². The molecule has 1 aromatic rings. The minimum absolute atomic E-state index is 0.000415. The van der Waals surface area contributed by atoms with Gasteiger partial charge in [-0.2, -0.15) is 0 Å². The lowest BCUT2D eigenvalue weighted by atomic mass is 10.4. The van der Waals surface area contributed by atoms with Gasteiger partial charge in [0, 0.05) is 6.54 Å². The van der Waals surface area contributed by atoms with Crippen LogP contribution in [0.15, 0.2) is 5.16 Å². The first-order valence-corrected chi connectivity index (χ1v) is 6.54. The van der Waals surface area contributed by atoms with Crippen LogP contribution in [-0.2, 0) is 11.3 Å². The van der Waals surface area contributed by atoms with Crippen molar-refractivity contribution in [3.63, 3.8) is 0 Å². The molecule has 1 amide bonds. The third-order valence-electron chi connectivity index (χ3n) is 2.43. The highest BCUT2D eigenvalue weighted by molar-refractivity contribution is 7.99. The van der Waals surface area contributed by atoms with Gasteiger partial charge in [-0.3, -0.25) is 4.79 Å². The van der Waals surface area contributed by atoms with Crippen LogP contribution in [0.1, 0.15) is 12.8 Å². The number of aliphatic hydroxyl groups is 1. The summed E-state index contributed by atoms with van der Waals surface area (Å²) >= 11 is 1.28. The van der Waals surface area contributed by atoms with Crippen LogP contribution in [-0.4, -0.2) is 50.1 Å². The molecule has 1 aliphatic carbocycles. The summed E-state index contributed by atoms with van der Waals surface area (Å²) in [6.45, 7) is 1.10. The molecule has 0 unspecified atom stereocenters. The number of tetrazole rings is 1. The normalized spacial score (nSPS) is 14.9. The van der Waals surface area contributed by atoms with Gasteiger partial charge in [-0.1, -0.05) is 11.8 Å². The SMILES string of the molecule is O=C(CSc1nnnn1CCO)NCC1CC1. The third kappa shape index (κ3) is 3.97. The van der Waals surface area contributed by atoms with E-state index in [1.807, 2.05) is 0 Å². The number of nitrogens with zero attached hydrogens (tertiary/aromatic N) is 4. The predicted molar refractivity (Wildman–Crippen MR) is 61.4 cm³/mol. The summed E-state index contributed by atoms with van der Waals surface area (Å²) in [5.74, 6) is 0.988. The predicted octanol–water partition coefficient (Wildman–Crippen LogP) is -0.716. The Bertz CT molecular complexity index is 379. The van der Waals surface area contributed by atoms with Crippen LogP contribution in [0.4, 0.5) is 0 Å². The molecule has 0 radical (unpaired) electrons. The van der Waals surface area contributed by atoms with Crippen molar-refractivity contribution in [3.8, 4) is 0 Å². The number of aromatic nitrogens is 4. The maximum Gasteiger partial charge on any atom is 0.230 e. The van der Waals surface area contributed by atoms with E-state index in [-0.39, 0.29) is 12.5 Å². The second kappa shape index (κ2) is 5.97. The Labute approximate surface area is 103 Å². The molecule has 0 aromatic carbocycles. The number of carbonyl (C=O) groups is 1. The van der Waals surface area contributed by atoms with Crippen molar-refractivity contribution in [1.82, 2.24) is 25.5 Å². The minimum atomic E-state index is -0.0214. The van der Waals surface area contributed by atoms with E-state index < -0.39 is 0 Å². The van der Waals surface area contributed by atoms with Crippen molar-refractivity contribution in [2.24, 2.45) is 5.92 Å². The van der Waals surface area contributed by atoms with Gasteiger partial charge in [0.05, 0.1) is 18.9 Å². The highest BCUT2D eigenvalue weighted by atomic mass is 32.2. The lowest BCUT2D eigenvalue weighted by Crippen LogP contribution is -2.27. The summed E-state index contributed by atoms with van der Waals surface area (Å²) in [6, 6.07) is 0. The number of hydrogen-bond acceptors (Lipinski definition) is 6. The van der Waals surface area contributed by atoms with Gasteiger partial charge in [-0.25, -0.2) is 4.68 Å². The minimum Gasteiger partial charge on any atom is -0.394 e. The molecule has 7 nitrogen and oxygen atoms in total. The second-order valence-electron chi connectivity index (χ2n) is 3.94. The zero-order valence-corrected chi connectivity index (χ0v) is 10.2. The van der Waals surface area contributed by atoms with Gasteiger partial charge in [0.1, 0.15) is 0 Å². The molecule has 0 atom stereocenters. The zero-order valence-electron chi connectivity index (χ0n) is 9.37. The average molecular weight is 257 g/mol. The Morgan fingerprint density at radius 2 is 2.41 bits per heavy atom. The lowest BCUT2D eigenvalue weighted by molar-refractivity contribution is -0.118. The number of rotatable bonds is 7. The van der Waals surface area contributed by atoms with Crippen LogP contribution in [0.3, 0.4) is 0 Å². The van der Waals surface area contributed by atoms with Gasteiger partial charge in [-0.05, 0) is 29.2 Å². The maximum atomic E-state index is 11.5. The molecule has 2 N–H and O–H groups in total.